The van der Waals surface area contributed by atoms with Crippen LogP contribution in [-0.2, 0) is 15.5 Å². The summed E-state index contributed by atoms with van der Waals surface area (Å²) in [4.78, 5) is 38.8. The number of nitrogens with one attached hydrogen (secondary N) is 1. The molecule has 8 nitrogen and oxygen atoms in total. The van der Waals surface area contributed by atoms with E-state index in [1.165, 1.54) is 15.7 Å². The monoisotopic (exact) mass is 381 g/mol. The SMILES string of the molecule is Bc1c(N)c2c(c(B)c1F)C(=O)N([C@@H]1C(=O)NC(=O)C(B)(B)C1(B)B)C2(O)O. The van der Waals surface area contributed by atoms with Crippen LogP contribution in [0, 0.1) is 5.82 Å². The first-order valence-corrected chi connectivity index (χ1v) is 8.82. The summed E-state index contributed by atoms with van der Waals surface area (Å²) in [6.07, 6.45) is 0. The summed E-state index contributed by atoms with van der Waals surface area (Å²) in [5, 5.41) is 21.7. The van der Waals surface area contributed by atoms with Crippen LogP contribution in [0.3, 0.4) is 0 Å². The maximum atomic E-state index is 14.5. The topological polar surface area (TPSA) is 133 Å². The van der Waals surface area contributed by atoms with Gasteiger partial charge in [0.1, 0.15) is 58.9 Å². The van der Waals surface area contributed by atoms with E-state index < -0.39 is 45.9 Å². The van der Waals surface area contributed by atoms with Crippen LogP contribution in [0.4, 0.5) is 10.1 Å². The Morgan fingerprint density at radius 1 is 1.07 bits per heavy atom. The minimum atomic E-state index is -2.95. The molecule has 1 aromatic rings. The molecular weight excluding hydrogens is 362 g/mol. The number of hydrogen-bond donors (Lipinski definition) is 4. The second-order valence-corrected chi connectivity index (χ2v) is 8.61. The predicted octanol–water partition coefficient (Wildman–Crippen LogP) is -8.73. The first-order valence-electron chi connectivity index (χ1n) is 8.82. The number of nitrogens with zero attached hydrogens (tertiary/aromatic N) is 1. The molecule has 3 rings (SSSR count). The summed E-state index contributed by atoms with van der Waals surface area (Å²) in [5.41, 5.74) is 4.88. The van der Waals surface area contributed by atoms with Crippen molar-refractivity contribution in [2.45, 2.75) is 22.4 Å². The zero-order chi connectivity index (χ0) is 21.6. The molecule has 1 aromatic carbocycles. The standard InChI is InChI=1S/C13H18B6FN3O5/c14-3-1-2(6(21)4(15)5(3)20)13(27,28)23(9(1)25)7-8(24)22-10(26)12(18,19)11(7,16)17/h7,27-28H,14-19,21H2,(H,22,24,26)/t7-/m1/s1. The van der Waals surface area contributed by atoms with Gasteiger partial charge in [0.2, 0.25) is 11.8 Å². The minimum absolute atomic E-state index is 0.0266. The van der Waals surface area contributed by atoms with Gasteiger partial charge < -0.3 is 15.9 Å². The number of anilines is 1. The normalized spacial score (nSPS) is 24.8. The molecule has 2 heterocycles. The van der Waals surface area contributed by atoms with Crippen LogP contribution in [-0.4, -0.2) is 86.0 Å². The molecule has 2 aliphatic heterocycles. The molecule has 0 radical (unpaired) electrons. The Hall–Kier alpha value is -2.13. The third-order valence-electron chi connectivity index (χ3n) is 6.67. The Balaban J connectivity index is 2.29. The summed E-state index contributed by atoms with van der Waals surface area (Å²) >= 11 is 0. The lowest BCUT2D eigenvalue weighted by Gasteiger charge is -2.53. The molecular formula is C13H18B6FN3O5. The van der Waals surface area contributed by atoms with Gasteiger partial charge in [0.25, 0.3) is 11.8 Å². The zero-order valence-electron chi connectivity index (χ0n) is 16.6. The average molecular weight is 380 g/mol. The second kappa shape index (κ2) is 5.70. The van der Waals surface area contributed by atoms with Crippen LogP contribution in [0.2, 0.25) is 10.4 Å². The molecule has 1 atom stereocenters. The number of fused-ring (bicyclic) bond motifs is 1. The molecule has 28 heavy (non-hydrogen) atoms. The number of hydrogen-bond acceptors (Lipinski definition) is 6. The fourth-order valence-corrected chi connectivity index (χ4v) is 4.05. The van der Waals surface area contributed by atoms with E-state index in [0.717, 1.165) is 0 Å². The van der Waals surface area contributed by atoms with Gasteiger partial charge in [0.05, 0.1) is 5.56 Å². The van der Waals surface area contributed by atoms with E-state index in [-0.39, 0.29) is 27.7 Å². The van der Waals surface area contributed by atoms with Crippen LogP contribution >= 0.6 is 0 Å². The molecule has 1 fully saturated rings. The number of nitrogens with two attached hydrogens (primary N) is 1. The lowest BCUT2D eigenvalue weighted by molar-refractivity contribution is -0.259. The Morgan fingerprint density at radius 3 is 2.14 bits per heavy atom. The van der Waals surface area contributed by atoms with Crippen molar-refractivity contribution in [1.29, 1.82) is 0 Å². The van der Waals surface area contributed by atoms with Gasteiger partial charge in [0.15, 0.2) is 0 Å². The Labute approximate surface area is 166 Å². The van der Waals surface area contributed by atoms with Gasteiger partial charge in [-0.3, -0.25) is 24.6 Å². The summed E-state index contributed by atoms with van der Waals surface area (Å²) in [5.74, 6) is -6.01. The van der Waals surface area contributed by atoms with Crippen LogP contribution in [0.5, 0.6) is 0 Å². The molecule has 0 unspecified atom stereocenters. The number of nitrogen functional groups attached to an aromatic ring is 1. The largest absolute Gasteiger partial charge is 0.399 e. The lowest BCUT2D eigenvalue weighted by atomic mass is 9.26. The molecule has 0 aliphatic carbocycles. The fraction of sp³-hybridized carbons (Fsp3) is 0.308. The quantitative estimate of drug-likeness (QED) is 0.166. The number of imide groups is 1. The van der Waals surface area contributed by atoms with Crippen molar-refractivity contribution >= 4 is 81.4 Å². The molecule has 140 valence electrons. The first-order chi connectivity index (χ1) is 12.6. The van der Waals surface area contributed by atoms with Crippen molar-refractivity contribution in [2.75, 3.05) is 5.73 Å². The van der Waals surface area contributed by atoms with Gasteiger partial charge in [-0.15, -0.1) is 0 Å². The highest BCUT2D eigenvalue weighted by atomic mass is 19.1. The molecule has 0 bridgehead atoms. The number of carbonyl (C=O) groups excluding carboxylic acids is 3. The Morgan fingerprint density at radius 2 is 1.61 bits per heavy atom. The van der Waals surface area contributed by atoms with Gasteiger partial charge in [-0.1, -0.05) is 5.21 Å². The van der Waals surface area contributed by atoms with Gasteiger partial charge in [-0.2, -0.15) is 0 Å². The van der Waals surface area contributed by atoms with Gasteiger partial charge in [-0.25, -0.2) is 4.39 Å². The summed E-state index contributed by atoms with van der Waals surface area (Å²) in [7, 11) is 9.05. The predicted molar refractivity (Wildman–Crippen MR) is 116 cm³/mol. The molecule has 3 amide bonds. The molecule has 1 saturated heterocycles. The summed E-state index contributed by atoms with van der Waals surface area (Å²) in [6.45, 7) is 0. The number of amides is 3. The lowest BCUT2D eigenvalue weighted by Crippen LogP contribution is -2.69. The molecule has 0 spiro atoms. The third kappa shape index (κ3) is 2.23. The Bertz CT molecular complexity index is 969. The molecule has 15 heteroatoms. The smallest absolute Gasteiger partial charge is 0.281 e. The minimum Gasteiger partial charge on any atom is -0.399 e. The second-order valence-electron chi connectivity index (χ2n) is 8.61. The molecule has 0 saturated carbocycles. The number of benzene rings is 1. The molecule has 0 aromatic heterocycles. The Kier molecular flexibility index (Phi) is 4.19. The van der Waals surface area contributed by atoms with Crippen LogP contribution < -0.4 is 22.0 Å². The van der Waals surface area contributed by atoms with E-state index in [1.807, 2.05) is 0 Å². The molecule has 5 N–H and O–H groups in total. The van der Waals surface area contributed by atoms with Crippen molar-refractivity contribution in [2.24, 2.45) is 0 Å². The highest BCUT2D eigenvalue weighted by molar-refractivity contribution is 6.63. The van der Waals surface area contributed by atoms with Crippen molar-refractivity contribution in [3.63, 3.8) is 0 Å². The van der Waals surface area contributed by atoms with Crippen molar-refractivity contribution in [3.05, 3.63) is 16.9 Å². The average Bonchev–Trinajstić information content (AvgIpc) is 2.77. The highest BCUT2D eigenvalue weighted by Crippen LogP contribution is 2.52. The fourth-order valence-electron chi connectivity index (χ4n) is 4.05. The van der Waals surface area contributed by atoms with Crippen LogP contribution in [0.25, 0.3) is 0 Å². The third-order valence-corrected chi connectivity index (χ3v) is 6.67. The highest BCUT2D eigenvalue weighted by Gasteiger charge is 2.63. The van der Waals surface area contributed by atoms with E-state index in [9.17, 15) is 29.0 Å². The summed E-state index contributed by atoms with van der Waals surface area (Å²) in [6, 6.07) is -1.42. The van der Waals surface area contributed by atoms with Crippen molar-refractivity contribution < 1.29 is 29.0 Å². The maximum Gasteiger partial charge on any atom is 0.281 e. The van der Waals surface area contributed by atoms with Crippen LogP contribution in [0.1, 0.15) is 15.9 Å². The van der Waals surface area contributed by atoms with E-state index >= 15 is 0 Å². The number of piperidine rings is 1. The van der Waals surface area contributed by atoms with Gasteiger partial charge in [0, 0.05) is 11.3 Å². The van der Waals surface area contributed by atoms with E-state index in [2.05, 4.69) is 5.32 Å². The van der Waals surface area contributed by atoms with Gasteiger partial charge in [-0.05, 0) is 16.1 Å². The zero-order valence-corrected chi connectivity index (χ0v) is 16.6. The van der Waals surface area contributed by atoms with E-state index in [1.54, 1.807) is 31.4 Å². The molecule has 2 aliphatic rings. The number of halogens is 1. The van der Waals surface area contributed by atoms with E-state index in [4.69, 9.17) is 5.73 Å². The van der Waals surface area contributed by atoms with E-state index in [0.29, 0.717) is 4.90 Å². The van der Waals surface area contributed by atoms with Crippen molar-refractivity contribution in [3.8, 4) is 0 Å². The van der Waals surface area contributed by atoms with Gasteiger partial charge >= 0.3 is 0 Å². The summed E-state index contributed by atoms with van der Waals surface area (Å²) < 4.78 is 14.5. The van der Waals surface area contributed by atoms with Crippen molar-refractivity contribution in [1.82, 2.24) is 10.2 Å². The number of aliphatic hydroxyl groups is 2. The number of carbonyl (C=O) groups is 3. The van der Waals surface area contributed by atoms with Crippen LogP contribution in [0.15, 0.2) is 0 Å². The maximum absolute atomic E-state index is 14.5. The first kappa shape index (κ1) is 20.6. The number of rotatable bonds is 1.